The van der Waals surface area contributed by atoms with Gasteiger partial charge in [-0.25, -0.2) is 4.39 Å². The first kappa shape index (κ1) is 11.2. The van der Waals surface area contributed by atoms with Gasteiger partial charge in [0.1, 0.15) is 5.82 Å². The van der Waals surface area contributed by atoms with Crippen LogP contribution in [-0.4, -0.2) is 18.7 Å². The van der Waals surface area contributed by atoms with Gasteiger partial charge in [0.15, 0.2) is 0 Å². The maximum atomic E-state index is 13.4. The zero-order chi connectivity index (χ0) is 11.6. The lowest BCUT2D eigenvalue weighted by Gasteiger charge is -2.10. The lowest BCUT2D eigenvalue weighted by molar-refractivity contribution is 0.0996. The molecule has 0 atom stereocenters. The van der Waals surface area contributed by atoms with Gasteiger partial charge in [-0.2, -0.15) is 0 Å². The van der Waals surface area contributed by atoms with Gasteiger partial charge in [-0.05, 0) is 19.1 Å². The molecular formula is C10H12FN3O. The summed E-state index contributed by atoms with van der Waals surface area (Å²) in [6, 6.07) is 2.44. The van der Waals surface area contributed by atoms with Crippen LogP contribution >= 0.6 is 0 Å². The van der Waals surface area contributed by atoms with Crippen LogP contribution in [0.1, 0.15) is 22.8 Å². The zero-order valence-corrected chi connectivity index (χ0v) is 8.52. The fourth-order valence-corrected chi connectivity index (χ4v) is 1.28. The van der Waals surface area contributed by atoms with Crippen molar-refractivity contribution in [1.29, 1.82) is 5.41 Å². The van der Waals surface area contributed by atoms with Gasteiger partial charge in [-0.15, -0.1) is 0 Å². The molecule has 0 aliphatic heterocycles. The number of carbonyl (C=O) groups is 1. The normalized spacial score (nSPS) is 9.80. The summed E-state index contributed by atoms with van der Waals surface area (Å²) in [6.45, 7) is 1.54. The highest BCUT2D eigenvalue weighted by molar-refractivity contribution is 6.03. The summed E-state index contributed by atoms with van der Waals surface area (Å²) in [5.41, 5.74) is 5.97. The van der Waals surface area contributed by atoms with E-state index in [1.165, 1.54) is 6.07 Å². The van der Waals surface area contributed by atoms with Crippen molar-refractivity contribution in [3.8, 4) is 0 Å². The lowest BCUT2D eigenvalue weighted by Crippen LogP contribution is -2.15. The van der Waals surface area contributed by atoms with Crippen molar-refractivity contribution >= 4 is 17.3 Å². The molecule has 4 nitrogen and oxygen atoms in total. The average molecular weight is 209 g/mol. The highest BCUT2D eigenvalue weighted by atomic mass is 19.1. The number of nitrogens with one attached hydrogen (secondary N) is 2. The number of rotatable bonds is 3. The number of hydrogen-bond donors (Lipinski definition) is 3. The minimum absolute atomic E-state index is 0.177. The van der Waals surface area contributed by atoms with E-state index >= 15 is 0 Å². The van der Waals surface area contributed by atoms with Crippen LogP contribution < -0.4 is 11.1 Å². The minimum atomic E-state index is -0.821. The summed E-state index contributed by atoms with van der Waals surface area (Å²) in [4.78, 5) is 10.9. The predicted octanol–water partition coefficient (Wildman–Crippen LogP) is 1.35. The molecular weight excluding hydrogens is 197 g/mol. The molecule has 0 heterocycles. The molecule has 15 heavy (non-hydrogen) atoms. The fraction of sp³-hybridized carbons (Fsp3) is 0.200. The Hall–Kier alpha value is -1.91. The molecule has 0 fully saturated rings. The Balaban J connectivity index is 3.42. The van der Waals surface area contributed by atoms with E-state index in [4.69, 9.17) is 11.1 Å². The number of nitrogens with two attached hydrogens (primary N) is 1. The van der Waals surface area contributed by atoms with Crippen LogP contribution in [-0.2, 0) is 0 Å². The number of benzene rings is 1. The summed E-state index contributed by atoms with van der Waals surface area (Å²) >= 11 is 0. The number of hydrogen-bond acceptors (Lipinski definition) is 3. The molecule has 0 saturated carbocycles. The van der Waals surface area contributed by atoms with E-state index < -0.39 is 11.7 Å². The molecule has 0 saturated heterocycles. The predicted molar refractivity (Wildman–Crippen MR) is 57.0 cm³/mol. The van der Waals surface area contributed by atoms with Crippen LogP contribution in [0, 0.1) is 11.2 Å². The molecule has 0 aliphatic rings. The summed E-state index contributed by atoms with van der Waals surface area (Å²) in [5, 5.41) is 10.2. The number of amides is 1. The van der Waals surface area contributed by atoms with Crippen LogP contribution in [0.15, 0.2) is 12.1 Å². The molecule has 1 aromatic carbocycles. The Labute approximate surface area is 86.8 Å². The number of halogens is 1. The molecule has 80 valence electrons. The molecule has 4 N–H and O–H groups in total. The van der Waals surface area contributed by atoms with E-state index in [1.807, 2.05) is 0 Å². The van der Waals surface area contributed by atoms with Gasteiger partial charge in [0.25, 0.3) is 5.91 Å². The third kappa shape index (κ3) is 2.12. The van der Waals surface area contributed by atoms with Gasteiger partial charge in [-0.1, -0.05) is 0 Å². The van der Waals surface area contributed by atoms with E-state index in [2.05, 4.69) is 5.32 Å². The van der Waals surface area contributed by atoms with E-state index in [0.29, 0.717) is 11.3 Å². The number of carbonyl (C=O) groups excluding carboxylic acids is 1. The topological polar surface area (TPSA) is 79.0 Å². The van der Waals surface area contributed by atoms with Gasteiger partial charge >= 0.3 is 0 Å². The Morgan fingerprint density at radius 2 is 2.07 bits per heavy atom. The van der Waals surface area contributed by atoms with Crippen LogP contribution in [0.3, 0.4) is 0 Å². The van der Waals surface area contributed by atoms with Crippen molar-refractivity contribution in [2.45, 2.75) is 6.92 Å². The monoisotopic (exact) mass is 209 g/mol. The number of anilines is 1. The van der Waals surface area contributed by atoms with Crippen LogP contribution in [0.4, 0.5) is 10.1 Å². The van der Waals surface area contributed by atoms with Crippen LogP contribution in [0.2, 0.25) is 0 Å². The van der Waals surface area contributed by atoms with Crippen molar-refractivity contribution in [3.63, 3.8) is 0 Å². The molecule has 0 bridgehead atoms. The molecule has 0 unspecified atom stereocenters. The first-order chi connectivity index (χ1) is 6.97. The SMILES string of the molecule is CNc1cc(C(N)=O)c(F)cc1C(C)=N. The lowest BCUT2D eigenvalue weighted by atomic mass is 10.0. The Kier molecular flexibility index (Phi) is 3.04. The maximum absolute atomic E-state index is 13.4. The van der Waals surface area contributed by atoms with Gasteiger partial charge in [-0.3, -0.25) is 4.79 Å². The van der Waals surface area contributed by atoms with Crippen molar-refractivity contribution in [2.24, 2.45) is 5.73 Å². The molecule has 0 aliphatic carbocycles. The summed E-state index contributed by atoms with van der Waals surface area (Å²) < 4.78 is 13.4. The second kappa shape index (κ2) is 4.08. The fourth-order valence-electron chi connectivity index (χ4n) is 1.28. The third-order valence-corrected chi connectivity index (χ3v) is 2.05. The standard InChI is InChI=1S/C10H12FN3O/c1-5(12)6-3-8(11)7(10(13)15)4-9(6)14-2/h3-4,12,14H,1-2H3,(H2,13,15). The molecule has 1 aromatic rings. The van der Waals surface area contributed by atoms with E-state index in [-0.39, 0.29) is 11.3 Å². The highest BCUT2D eigenvalue weighted by Gasteiger charge is 2.13. The van der Waals surface area contributed by atoms with Crippen molar-refractivity contribution < 1.29 is 9.18 Å². The van der Waals surface area contributed by atoms with Crippen molar-refractivity contribution in [1.82, 2.24) is 0 Å². The minimum Gasteiger partial charge on any atom is -0.388 e. The largest absolute Gasteiger partial charge is 0.388 e. The summed E-state index contributed by atoms with van der Waals surface area (Å²) in [6.07, 6.45) is 0. The van der Waals surface area contributed by atoms with E-state index in [0.717, 1.165) is 6.07 Å². The number of primary amides is 1. The van der Waals surface area contributed by atoms with Gasteiger partial charge in [0.2, 0.25) is 0 Å². The Bertz CT molecular complexity index is 429. The van der Waals surface area contributed by atoms with Gasteiger partial charge < -0.3 is 16.5 Å². The average Bonchev–Trinajstić information content (AvgIpc) is 2.16. The Morgan fingerprint density at radius 3 is 2.47 bits per heavy atom. The highest BCUT2D eigenvalue weighted by Crippen LogP contribution is 2.20. The van der Waals surface area contributed by atoms with Gasteiger partial charge in [0.05, 0.1) is 5.56 Å². The molecule has 0 aromatic heterocycles. The first-order valence-electron chi connectivity index (χ1n) is 4.34. The molecule has 1 rings (SSSR count). The summed E-state index contributed by atoms with van der Waals surface area (Å²) in [7, 11) is 1.63. The Morgan fingerprint density at radius 1 is 1.47 bits per heavy atom. The first-order valence-corrected chi connectivity index (χ1v) is 4.34. The maximum Gasteiger partial charge on any atom is 0.251 e. The van der Waals surface area contributed by atoms with Crippen molar-refractivity contribution in [2.75, 3.05) is 12.4 Å². The quantitative estimate of drug-likeness (QED) is 0.657. The second-order valence-corrected chi connectivity index (χ2v) is 3.12. The van der Waals surface area contributed by atoms with Crippen LogP contribution in [0.25, 0.3) is 0 Å². The second-order valence-electron chi connectivity index (χ2n) is 3.12. The molecule has 0 spiro atoms. The van der Waals surface area contributed by atoms with Crippen molar-refractivity contribution in [3.05, 3.63) is 29.1 Å². The van der Waals surface area contributed by atoms with Crippen LogP contribution in [0.5, 0.6) is 0 Å². The third-order valence-electron chi connectivity index (χ3n) is 2.05. The molecule has 0 radical (unpaired) electrons. The molecule has 1 amide bonds. The van der Waals surface area contributed by atoms with E-state index in [9.17, 15) is 9.18 Å². The van der Waals surface area contributed by atoms with E-state index in [1.54, 1.807) is 14.0 Å². The summed E-state index contributed by atoms with van der Waals surface area (Å²) in [5.74, 6) is -1.53. The van der Waals surface area contributed by atoms with Gasteiger partial charge in [0, 0.05) is 24.0 Å². The zero-order valence-electron chi connectivity index (χ0n) is 8.52. The molecule has 5 heteroatoms. The smallest absolute Gasteiger partial charge is 0.251 e.